The van der Waals surface area contributed by atoms with Crippen molar-refractivity contribution in [3.8, 4) is 0 Å². The third kappa shape index (κ3) is 2.23. The predicted octanol–water partition coefficient (Wildman–Crippen LogP) is 2.88. The number of aromatic nitrogens is 1. The Balaban J connectivity index is 2.15. The molecule has 0 aliphatic heterocycles. The topological polar surface area (TPSA) is 38.9 Å². The quantitative estimate of drug-likeness (QED) is 0.824. The highest BCUT2D eigenvalue weighted by atomic mass is 32.2. The molecule has 0 amide bonds. The first kappa shape index (κ1) is 8.59. The molecule has 13 heavy (non-hydrogen) atoms. The van der Waals surface area contributed by atoms with E-state index in [4.69, 9.17) is 5.73 Å². The third-order valence-corrected chi connectivity index (χ3v) is 3.37. The maximum Gasteiger partial charge on any atom is 0.138 e. The van der Waals surface area contributed by atoms with Crippen molar-refractivity contribution in [3.63, 3.8) is 0 Å². The maximum atomic E-state index is 5.52. The lowest BCUT2D eigenvalue weighted by molar-refractivity contribution is 1.46. The lowest BCUT2D eigenvalue weighted by Crippen LogP contribution is -1.79. The van der Waals surface area contributed by atoms with Crippen LogP contribution in [0.25, 0.3) is 0 Å². The molecule has 0 saturated heterocycles. The zero-order valence-electron chi connectivity index (χ0n) is 6.81. The fourth-order valence-corrected chi connectivity index (χ4v) is 2.60. The van der Waals surface area contributed by atoms with Gasteiger partial charge in [0, 0.05) is 11.0 Å². The van der Waals surface area contributed by atoms with E-state index in [0.717, 1.165) is 4.21 Å². The molecule has 0 fully saturated rings. The first-order valence-electron chi connectivity index (χ1n) is 3.80. The smallest absolute Gasteiger partial charge is 0.138 e. The molecule has 0 aliphatic carbocycles. The number of benzene rings is 1. The van der Waals surface area contributed by atoms with Gasteiger partial charge in [0.1, 0.15) is 5.82 Å². The summed E-state index contributed by atoms with van der Waals surface area (Å²) in [4.78, 5) is 1.21. The van der Waals surface area contributed by atoms with Crippen molar-refractivity contribution in [2.45, 2.75) is 9.10 Å². The summed E-state index contributed by atoms with van der Waals surface area (Å²) in [5.74, 6) is 0.600. The summed E-state index contributed by atoms with van der Waals surface area (Å²) in [5, 5.41) is 0. The van der Waals surface area contributed by atoms with Crippen LogP contribution >= 0.6 is 23.3 Å². The van der Waals surface area contributed by atoms with E-state index in [9.17, 15) is 0 Å². The number of nitrogen functional groups attached to an aromatic ring is 1. The van der Waals surface area contributed by atoms with Gasteiger partial charge in [-0.25, -0.2) is 0 Å². The summed E-state index contributed by atoms with van der Waals surface area (Å²) in [7, 11) is 0. The van der Waals surface area contributed by atoms with E-state index in [1.165, 1.54) is 16.4 Å². The summed E-state index contributed by atoms with van der Waals surface area (Å²) >= 11 is 3.12. The van der Waals surface area contributed by atoms with Crippen LogP contribution in [0, 0.1) is 0 Å². The largest absolute Gasteiger partial charge is 0.383 e. The van der Waals surface area contributed by atoms with Gasteiger partial charge in [0.05, 0.1) is 4.21 Å². The Morgan fingerprint density at radius 1 is 1.23 bits per heavy atom. The Bertz CT molecular complexity index is 384. The lowest BCUT2D eigenvalue weighted by Gasteiger charge is -1.94. The number of anilines is 1. The molecule has 66 valence electrons. The van der Waals surface area contributed by atoms with Gasteiger partial charge in [-0.05, 0) is 23.7 Å². The van der Waals surface area contributed by atoms with E-state index in [2.05, 4.69) is 16.5 Å². The molecule has 4 heteroatoms. The summed E-state index contributed by atoms with van der Waals surface area (Å²) in [5.41, 5.74) is 5.52. The van der Waals surface area contributed by atoms with Crippen LogP contribution in [0.4, 0.5) is 5.82 Å². The molecule has 0 bridgehead atoms. The second-order valence-electron chi connectivity index (χ2n) is 2.49. The van der Waals surface area contributed by atoms with E-state index in [1.54, 1.807) is 11.8 Å². The Morgan fingerprint density at radius 2 is 2.00 bits per heavy atom. The summed E-state index contributed by atoms with van der Waals surface area (Å²) in [6.07, 6.45) is 0. The second kappa shape index (κ2) is 3.81. The average molecular weight is 208 g/mol. The van der Waals surface area contributed by atoms with Crippen LogP contribution in [0.2, 0.25) is 0 Å². The molecule has 0 aliphatic rings. The number of nitrogens with zero attached hydrogens (tertiary/aromatic N) is 1. The van der Waals surface area contributed by atoms with Crippen LogP contribution in [0.3, 0.4) is 0 Å². The molecule has 0 atom stereocenters. The maximum absolute atomic E-state index is 5.52. The fourth-order valence-electron chi connectivity index (χ4n) is 0.924. The molecular formula is C9H8N2S2. The minimum atomic E-state index is 0.600. The minimum absolute atomic E-state index is 0.600. The summed E-state index contributed by atoms with van der Waals surface area (Å²) in [6.45, 7) is 0. The zero-order chi connectivity index (χ0) is 9.10. The van der Waals surface area contributed by atoms with Crippen molar-refractivity contribution in [1.29, 1.82) is 0 Å². The molecule has 0 spiro atoms. The number of hydrogen-bond acceptors (Lipinski definition) is 4. The first-order valence-corrected chi connectivity index (χ1v) is 5.39. The van der Waals surface area contributed by atoms with Crippen LogP contribution in [-0.4, -0.2) is 4.37 Å². The van der Waals surface area contributed by atoms with Crippen LogP contribution < -0.4 is 5.73 Å². The van der Waals surface area contributed by atoms with Gasteiger partial charge >= 0.3 is 0 Å². The van der Waals surface area contributed by atoms with Gasteiger partial charge in [0.15, 0.2) is 0 Å². The molecule has 0 unspecified atom stereocenters. The highest BCUT2D eigenvalue weighted by Gasteiger charge is 2.00. The van der Waals surface area contributed by atoms with Crippen molar-refractivity contribution in [1.82, 2.24) is 4.37 Å². The van der Waals surface area contributed by atoms with E-state index in [0.29, 0.717) is 5.82 Å². The SMILES string of the molecule is Nc1cc(Sc2ccccc2)sn1. The van der Waals surface area contributed by atoms with Crippen LogP contribution in [0.15, 0.2) is 45.5 Å². The molecule has 0 saturated carbocycles. The van der Waals surface area contributed by atoms with Crippen molar-refractivity contribution in [2.75, 3.05) is 5.73 Å². The molecule has 2 nitrogen and oxygen atoms in total. The summed E-state index contributed by atoms with van der Waals surface area (Å²) < 4.78 is 5.14. The van der Waals surface area contributed by atoms with Gasteiger partial charge in [0.25, 0.3) is 0 Å². The molecular weight excluding hydrogens is 200 g/mol. The molecule has 1 aromatic carbocycles. The van der Waals surface area contributed by atoms with Gasteiger partial charge in [-0.2, -0.15) is 4.37 Å². The van der Waals surface area contributed by atoms with Crippen molar-refractivity contribution >= 4 is 29.1 Å². The monoisotopic (exact) mass is 208 g/mol. The molecule has 2 N–H and O–H groups in total. The van der Waals surface area contributed by atoms with Crippen molar-refractivity contribution in [2.24, 2.45) is 0 Å². The third-order valence-electron chi connectivity index (χ3n) is 1.47. The van der Waals surface area contributed by atoms with Gasteiger partial charge in [-0.15, -0.1) is 0 Å². The lowest BCUT2D eigenvalue weighted by atomic mass is 10.4. The molecule has 1 heterocycles. The van der Waals surface area contributed by atoms with Crippen molar-refractivity contribution in [3.05, 3.63) is 36.4 Å². The highest BCUT2D eigenvalue weighted by molar-refractivity contribution is 8.01. The predicted molar refractivity (Wildman–Crippen MR) is 57.1 cm³/mol. The van der Waals surface area contributed by atoms with Crippen LogP contribution in [-0.2, 0) is 0 Å². The molecule has 2 rings (SSSR count). The second-order valence-corrected chi connectivity index (χ2v) is 4.66. The van der Waals surface area contributed by atoms with E-state index in [-0.39, 0.29) is 0 Å². The normalized spacial score (nSPS) is 10.2. The fraction of sp³-hybridized carbons (Fsp3) is 0. The van der Waals surface area contributed by atoms with Crippen molar-refractivity contribution < 1.29 is 0 Å². The van der Waals surface area contributed by atoms with Crippen LogP contribution in [0.5, 0.6) is 0 Å². The molecule has 1 aromatic heterocycles. The number of rotatable bonds is 2. The Morgan fingerprint density at radius 3 is 2.62 bits per heavy atom. The Hall–Kier alpha value is -1.00. The highest BCUT2D eigenvalue weighted by Crippen LogP contribution is 2.31. The minimum Gasteiger partial charge on any atom is -0.383 e. The number of hydrogen-bond donors (Lipinski definition) is 1. The van der Waals surface area contributed by atoms with E-state index in [1.807, 2.05) is 24.3 Å². The van der Waals surface area contributed by atoms with E-state index >= 15 is 0 Å². The molecule has 2 aromatic rings. The van der Waals surface area contributed by atoms with Crippen LogP contribution in [0.1, 0.15) is 0 Å². The first-order chi connectivity index (χ1) is 6.34. The van der Waals surface area contributed by atoms with Gasteiger partial charge < -0.3 is 5.73 Å². The Labute approximate surface area is 85.0 Å². The zero-order valence-corrected chi connectivity index (χ0v) is 8.44. The van der Waals surface area contributed by atoms with E-state index < -0.39 is 0 Å². The average Bonchev–Trinajstić information content (AvgIpc) is 2.53. The van der Waals surface area contributed by atoms with Gasteiger partial charge in [-0.3, -0.25) is 0 Å². The standard InChI is InChI=1S/C9H8N2S2/c10-8-6-9(13-11-8)12-7-4-2-1-3-5-7/h1-6H,(H2,10,11). The summed E-state index contributed by atoms with van der Waals surface area (Å²) in [6, 6.07) is 12.1. The van der Waals surface area contributed by atoms with Gasteiger partial charge in [-0.1, -0.05) is 30.0 Å². The Kier molecular flexibility index (Phi) is 2.52. The van der Waals surface area contributed by atoms with Gasteiger partial charge in [0.2, 0.25) is 0 Å². The number of nitrogens with two attached hydrogens (primary N) is 1. The molecule has 0 radical (unpaired) electrons.